The maximum Gasteiger partial charge on any atom is 0.0435 e. The highest BCUT2D eigenvalue weighted by Crippen LogP contribution is 2.47. The molecule has 0 N–H and O–H groups in total. The van der Waals surface area contributed by atoms with E-state index in [0.717, 1.165) is 19.4 Å². The molecule has 1 saturated heterocycles. The minimum Gasteiger partial charge on any atom is -0.365 e. The summed E-state index contributed by atoms with van der Waals surface area (Å²) in [5.41, 5.74) is 9.06. The summed E-state index contributed by atoms with van der Waals surface area (Å²) in [7, 11) is 0. The van der Waals surface area contributed by atoms with E-state index in [2.05, 4.69) is 89.8 Å². The van der Waals surface area contributed by atoms with Gasteiger partial charge in [-0.1, -0.05) is 68.3 Å². The largest absolute Gasteiger partial charge is 0.365 e. The first-order valence-electron chi connectivity index (χ1n) is 10.2. The molecule has 2 aromatic carbocycles. The SMILES string of the molecule is CCc1cccc(CC)c1N1C[C@@](C)(c2cc(C)cc(C)c2)CC1(C)C. The molecule has 0 unspecified atom stereocenters. The molecular weight excluding hydrogens is 314 g/mol. The second kappa shape index (κ2) is 6.76. The number of aryl methyl sites for hydroxylation is 4. The van der Waals surface area contributed by atoms with Crippen LogP contribution in [0.3, 0.4) is 0 Å². The summed E-state index contributed by atoms with van der Waals surface area (Å²) in [4.78, 5) is 2.71. The molecule has 0 aromatic heterocycles. The summed E-state index contributed by atoms with van der Waals surface area (Å²) in [6, 6.07) is 14.0. The first-order chi connectivity index (χ1) is 12.2. The third kappa shape index (κ3) is 3.29. The summed E-state index contributed by atoms with van der Waals surface area (Å²) in [5.74, 6) is 0. The third-order valence-corrected chi connectivity index (χ3v) is 6.21. The van der Waals surface area contributed by atoms with E-state index in [1.165, 1.54) is 39.9 Å². The summed E-state index contributed by atoms with van der Waals surface area (Å²) in [5, 5.41) is 0. The summed E-state index contributed by atoms with van der Waals surface area (Å²) >= 11 is 0. The van der Waals surface area contributed by atoms with Crippen LogP contribution >= 0.6 is 0 Å². The fourth-order valence-electron chi connectivity index (χ4n) is 5.13. The zero-order chi connectivity index (χ0) is 19.1. The van der Waals surface area contributed by atoms with E-state index in [4.69, 9.17) is 0 Å². The predicted octanol–water partition coefficient (Wildman–Crippen LogP) is 6.37. The summed E-state index contributed by atoms with van der Waals surface area (Å²) < 4.78 is 0. The Morgan fingerprint density at radius 3 is 1.92 bits per heavy atom. The number of nitrogens with zero attached hydrogens (tertiary/aromatic N) is 1. The van der Waals surface area contributed by atoms with Crippen LogP contribution in [-0.2, 0) is 18.3 Å². The van der Waals surface area contributed by atoms with Gasteiger partial charge in [-0.25, -0.2) is 0 Å². The number of anilines is 1. The Morgan fingerprint density at radius 2 is 1.42 bits per heavy atom. The van der Waals surface area contributed by atoms with E-state index in [1.54, 1.807) is 0 Å². The molecule has 140 valence electrons. The molecule has 0 aliphatic carbocycles. The van der Waals surface area contributed by atoms with Crippen molar-refractivity contribution < 1.29 is 0 Å². The molecule has 1 aliphatic heterocycles. The fraction of sp³-hybridized carbons (Fsp3) is 0.520. The molecule has 0 radical (unpaired) electrons. The van der Waals surface area contributed by atoms with Crippen molar-refractivity contribution in [1.82, 2.24) is 0 Å². The minimum absolute atomic E-state index is 0.154. The van der Waals surface area contributed by atoms with Gasteiger partial charge in [-0.15, -0.1) is 0 Å². The van der Waals surface area contributed by atoms with Crippen LogP contribution < -0.4 is 4.90 Å². The van der Waals surface area contributed by atoms with E-state index in [9.17, 15) is 0 Å². The molecule has 3 rings (SSSR count). The molecule has 2 aromatic rings. The molecule has 1 nitrogen and oxygen atoms in total. The van der Waals surface area contributed by atoms with Crippen LogP contribution in [0.25, 0.3) is 0 Å². The molecule has 1 aliphatic rings. The highest BCUT2D eigenvalue weighted by Gasteiger charge is 2.47. The van der Waals surface area contributed by atoms with Crippen molar-refractivity contribution in [1.29, 1.82) is 0 Å². The zero-order valence-electron chi connectivity index (χ0n) is 17.7. The lowest BCUT2D eigenvalue weighted by atomic mass is 9.77. The van der Waals surface area contributed by atoms with Crippen LogP contribution in [0.1, 0.15) is 68.9 Å². The lowest BCUT2D eigenvalue weighted by Gasteiger charge is -2.36. The van der Waals surface area contributed by atoms with Crippen molar-refractivity contribution in [2.45, 2.75) is 78.7 Å². The lowest BCUT2D eigenvalue weighted by molar-refractivity contribution is 0.444. The van der Waals surface area contributed by atoms with Gasteiger partial charge < -0.3 is 4.90 Å². The van der Waals surface area contributed by atoms with Crippen molar-refractivity contribution in [2.75, 3.05) is 11.4 Å². The van der Waals surface area contributed by atoms with Gasteiger partial charge in [0.15, 0.2) is 0 Å². The normalized spacial score (nSPS) is 22.0. The van der Waals surface area contributed by atoms with E-state index in [-0.39, 0.29) is 11.0 Å². The maximum absolute atomic E-state index is 2.71. The van der Waals surface area contributed by atoms with Crippen LogP contribution in [0.2, 0.25) is 0 Å². The highest BCUT2D eigenvalue weighted by molar-refractivity contribution is 5.63. The molecule has 0 bridgehead atoms. The minimum atomic E-state index is 0.154. The Labute approximate surface area is 160 Å². The monoisotopic (exact) mass is 349 g/mol. The van der Waals surface area contributed by atoms with Crippen LogP contribution in [0.5, 0.6) is 0 Å². The number of hydrogen-bond donors (Lipinski definition) is 0. The number of rotatable bonds is 4. The second-order valence-corrected chi connectivity index (χ2v) is 9.14. The van der Waals surface area contributed by atoms with Gasteiger partial charge in [0.05, 0.1) is 0 Å². The lowest BCUT2D eigenvalue weighted by Crippen LogP contribution is -2.39. The topological polar surface area (TPSA) is 3.24 Å². The van der Waals surface area contributed by atoms with Crippen LogP contribution in [-0.4, -0.2) is 12.1 Å². The van der Waals surface area contributed by atoms with Crippen molar-refractivity contribution in [3.05, 3.63) is 64.2 Å². The summed E-state index contributed by atoms with van der Waals surface area (Å²) in [6.45, 7) is 17.4. The molecule has 0 amide bonds. The average molecular weight is 350 g/mol. The molecule has 0 spiro atoms. The first kappa shape index (κ1) is 19.0. The maximum atomic E-state index is 2.71. The molecule has 1 atom stereocenters. The van der Waals surface area contributed by atoms with Gasteiger partial charge in [0.1, 0.15) is 0 Å². The smallest absolute Gasteiger partial charge is 0.0435 e. The van der Waals surface area contributed by atoms with Gasteiger partial charge in [-0.05, 0) is 63.6 Å². The molecule has 1 heteroatoms. The van der Waals surface area contributed by atoms with Crippen molar-refractivity contribution in [2.24, 2.45) is 0 Å². The van der Waals surface area contributed by atoms with Crippen molar-refractivity contribution in [3.63, 3.8) is 0 Å². The van der Waals surface area contributed by atoms with E-state index >= 15 is 0 Å². The highest BCUT2D eigenvalue weighted by atomic mass is 15.2. The van der Waals surface area contributed by atoms with Gasteiger partial charge in [-0.3, -0.25) is 0 Å². The van der Waals surface area contributed by atoms with Gasteiger partial charge in [0.25, 0.3) is 0 Å². The third-order valence-electron chi connectivity index (χ3n) is 6.21. The first-order valence-corrected chi connectivity index (χ1v) is 10.2. The number of hydrogen-bond acceptors (Lipinski definition) is 1. The van der Waals surface area contributed by atoms with Crippen molar-refractivity contribution >= 4 is 5.69 Å². The van der Waals surface area contributed by atoms with Gasteiger partial charge in [0, 0.05) is 23.2 Å². The number of benzene rings is 2. The van der Waals surface area contributed by atoms with Crippen LogP contribution in [0.4, 0.5) is 5.69 Å². The second-order valence-electron chi connectivity index (χ2n) is 9.14. The standard InChI is InChI=1S/C25H35N/c1-8-20-11-10-12-21(9-2)23(20)26-17-25(7,16-24(26,5)6)22-14-18(3)13-19(4)15-22/h10-15H,8-9,16-17H2,1-7H3/t25-/m0/s1. The van der Waals surface area contributed by atoms with E-state index < -0.39 is 0 Å². The van der Waals surface area contributed by atoms with Crippen molar-refractivity contribution in [3.8, 4) is 0 Å². The average Bonchev–Trinajstić information content (AvgIpc) is 2.83. The van der Waals surface area contributed by atoms with Crippen LogP contribution in [0, 0.1) is 13.8 Å². The van der Waals surface area contributed by atoms with Gasteiger partial charge >= 0.3 is 0 Å². The quantitative estimate of drug-likeness (QED) is 0.619. The van der Waals surface area contributed by atoms with Gasteiger partial charge in [-0.2, -0.15) is 0 Å². The molecule has 0 saturated carbocycles. The Morgan fingerprint density at radius 1 is 0.885 bits per heavy atom. The molecule has 1 fully saturated rings. The van der Waals surface area contributed by atoms with E-state index in [1.807, 2.05) is 0 Å². The molecule has 26 heavy (non-hydrogen) atoms. The molecular formula is C25H35N. The van der Waals surface area contributed by atoms with Gasteiger partial charge in [0.2, 0.25) is 0 Å². The van der Waals surface area contributed by atoms with Crippen LogP contribution in [0.15, 0.2) is 36.4 Å². The predicted molar refractivity (Wildman–Crippen MR) is 115 cm³/mol. The Hall–Kier alpha value is -1.76. The Kier molecular flexibility index (Phi) is 4.94. The number of para-hydroxylation sites is 1. The summed E-state index contributed by atoms with van der Waals surface area (Å²) in [6.07, 6.45) is 3.37. The van der Waals surface area contributed by atoms with E-state index in [0.29, 0.717) is 0 Å². The fourth-order valence-corrected chi connectivity index (χ4v) is 5.13. The molecule has 1 heterocycles. The Balaban J connectivity index is 2.09. The Bertz CT molecular complexity index is 759. The zero-order valence-corrected chi connectivity index (χ0v) is 17.7.